The summed E-state index contributed by atoms with van der Waals surface area (Å²) in [6.45, 7) is 0. The van der Waals surface area contributed by atoms with Gasteiger partial charge in [0, 0.05) is 45.1 Å². The van der Waals surface area contributed by atoms with Crippen LogP contribution >= 0.6 is 0 Å². The van der Waals surface area contributed by atoms with Gasteiger partial charge in [0.15, 0.2) is 0 Å². The van der Waals surface area contributed by atoms with E-state index in [9.17, 15) is 5.26 Å². The Morgan fingerprint density at radius 1 is 0.575 bits per heavy atom. The molecule has 3 heterocycles. The van der Waals surface area contributed by atoms with E-state index in [1.807, 2.05) is 18.2 Å². The van der Waals surface area contributed by atoms with Crippen LogP contribution in [0.5, 0.6) is 0 Å². The third-order valence-corrected chi connectivity index (χ3v) is 7.69. The Morgan fingerprint density at radius 3 is 2.30 bits per heavy atom. The van der Waals surface area contributed by atoms with Crippen LogP contribution in [0, 0.1) is 11.3 Å². The fourth-order valence-corrected chi connectivity index (χ4v) is 5.88. The molecular weight excluding hydrogens is 490 g/mol. The zero-order chi connectivity index (χ0) is 26.6. The molecule has 0 N–H and O–H groups in total. The Labute approximate surface area is 230 Å². The summed E-state index contributed by atoms with van der Waals surface area (Å²) in [6.07, 6.45) is 3.39. The predicted molar refractivity (Wildman–Crippen MR) is 161 cm³/mol. The maximum Gasteiger partial charge on any atom is 0.136 e. The van der Waals surface area contributed by atoms with Crippen LogP contribution in [0.1, 0.15) is 5.56 Å². The van der Waals surface area contributed by atoms with Crippen molar-refractivity contribution in [1.29, 1.82) is 5.26 Å². The highest BCUT2D eigenvalue weighted by Crippen LogP contribution is 2.40. The van der Waals surface area contributed by atoms with Gasteiger partial charge < -0.3 is 8.98 Å². The standard InChI is InChI=1S/C36H21N3O/c37-20-23-16-26(22-38-21-23)24-8-7-9-25(17-24)27-10-1-4-13-32(27)39-33-14-5-2-11-28(33)30-19-36-31(18-34(30)39)29-12-3-6-15-35(29)40-36/h1-19,21-22H. The lowest BCUT2D eigenvalue weighted by atomic mass is 9.98. The van der Waals surface area contributed by atoms with Crippen LogP contribution in [0.4, 0.5) is 0 Å². The van der Waals surface area contributed by atoms with Crippen LogP contribution in [-0.4, -0.2) is 9.55 Å². The maximum absolute atomic E-state index is 9.37. The number of nitrogens with zero attached hydrogens (tertiary/aromatic N) is 3. The number of hydrogen-bond acceptors (Lipinski definition) is 3. The molecular formula is C36H21N3O. The summed E-state index contributed by atoms with van der Waals surface area (Å²) < 4.78 is 8.62. The number of rotatable bonds is 3. The van der Waals surface area contributed by atoms with E-state index in [4.69, 9.17) is 4.42 Å². The second kappa shape index (κ2) is 8.69. The van der Waals surface area contributed by atoms with E-state index >= 15 is 0 Å². The summed E-state index contributed by atoms with van der Waals surface area (Å²) in [7, 11) is 0. The van der Waals surface area contributed by atoms with Crippen molar-refractivity contribution in [3.8, 4) is 34.0 Å². The molecule has 40 heavy (non-hydrogen) atoms. The number of nitriles is 1. The lowest BCUT2D eigenvalue weighted by Crippen LogP contribution is -1.97. The minimum absolute atomic E-state index is 0.548. The van der Waals surface area contributed by atoms with Gasteiger partial charge in [0.25, 0.3) is 0 Å². The van der Waals surface area contributed by atoms with Crippen molar-refractivity contribution in [1.82, 2.24) is 9.55 Å². The lowest BCUT2D eigenvalue weighted by molar-refractivity contribution is 0.669. The van der Waals surface area contributed by atoms with Crippen LogP contribution in [0.2, 0.25) is 0 Å². The average Bonchev–Trinajstić information content (AvgIpc) is 3.55. The van der Waals surface area contributed by atoms with Gasteiger partial charge in [-0.1, -0.05) is 72.8 Å². The summed E-state index contributed by atoms with van der Waals surface area (Å²) >= 11 is 0. The van der Waals surface area contributed by atoms with Crippen molar-refractivity contribution < 1.29 is 4.42 Å². The monoisotopic (exact) mass is 511 g/mol. The summed E-state index contributed by atoms with van der Waals surface area (Å²) in [5, 5.41) is 13.9. The Kier molecular flexibility index (Phi) is 4.85. The zero-order valence-corrected chi connectivity index (χ0v) is 21.4. The number of fused-ring (bicyclic) bond motifs is 6. The van der Waals surface area contributed by atoms with E-state index in [1.165, 1.54) is 5.39 Å². The average molecular weight is 512 g/mol. The number of benzene rings is 5. The minimum atomic E-state index is 0.548. The summed E-state index contributed by atoms with van der Waals surface area (Å²) in [5.74, 6) is 0. The molecule has 3 aromatic heterocycles. The van der Waals surface area contributed by atoms with E-state index in [2.05, 4.69) is 113 Å². The van der Waals surface area contributed by atoms with Crippen molar-refractivity contribution in [2.24, 2.45) is 0 Å². The van der Waals surface area contributed by atoms with Gasteiger partial charge in [-0.15, -0.1) is 0 Å². The number of furan rings is 1. The first kappa shape index (κ1) is 22.3. The molecule has 0 bridgehead atoms. The van der Waals surface area contributed by atoms with Crippen LogP contribution in [0.3, 0.4) is 0 Å². The van der Waals surface area contributed by atoms with E-state index < -0.39 is 0 Å². The van der Waals surface area contributed by atoms with Crippen LogP contribution < -0.4 is 0 Å². The molecule has 0 aliphatic heterocycles. The second-order valence-corrected chi connectivity index (χ2v) is 9.99. The lowest BCUT2D eigenvalue weighted by Gasteiger charge is -2.15. The quantitative estimate of drug-likeness (QED) is 0.237. The first-order chi connectivity index (χ1) is 19.8. The van der Waals surface area contributed by atoms with E-state index in [0.29, 0.717) is 5.56 Å². The van der Waals surface area contributed by atoms with Crippen LogP contribution in [-0.2, 0) is 0 Å². The number of aromatic nitrogens is 2. The summed E-state index contributed by atoms with van der Waals surface area (Å²) in [4.78, 5) is 4.27. The van der Waals surface area contributed by atoms with Gasteiger partial charge in [0.1, 0.15) is 17.2 Å². The molecule has 0 radical (unpaired) electrons. The molecule has 0 fully saturated rings. The third kappa shape index (κ3) is 3.35. The minimum Gasteiger partial charge on any atom is -0.456 e. The topological polar surface area (TPSA) is 54.8 Å². The number of para-hydroxylation sites is 3. The second-order valence-electron chi connectivity index (χ2n) is 9.99. The molecule has 0 unspecified atom stereocenters. The van der Waals surface area contributed by atoms with Crippen LogP contribution in [0.25, 0.3) is 71.7 Å². The molecule has 8 aromatic rings. The normalized spacial score (nSPS) is 11.5. The Bertz CT molecular complexity index is 2300. The van der Waals surface area contributed by atoms with Crippen molar-refractivity contribution in [3.63, 3.8) is 0 Å². The highest BCUT2D eigenvalue weighted by Gasteiger charge is 2.18. The molecule has 0 saturated carbocycles. The zero-order valence-electron chi connectivity index (χ0n) is 21.4. The summed E-state index contributed by atoms with van der Waals surface area (Å²) in [5.41, 5.74) is 9.87. The Hall–Kier alpha value is -5.66. The molecule has 4 heteroatoms. The van der Waals surface area contributed by atoms with Gasteiger partial charge in [0.05, 0.1) is 22.3 Å². The third-order valence-electron chi connectivity index (χ3n) is 7.69. The molecule has 0 aliphatic rings. The van der Waals surface area contributed by atoms with Crippen LogP contribution in [0.15, 0.2) is 132 Å². The van der Waals surface area contributed by atoms with E-state index in [-0.39, 0.29) is 0 Å². The van der Waals surface area contributed by atoms with Gasteiger partial charge >= 0.3 is 0 Å². The maximum atomic E-state index is 9.37. The molecule has 8 rings (SSSR count). The summed E-state index contributed by atoms with van der Waals surface area (Å²) in [6, 6.07) is 42.2. The SMILES string of the molecule is N#Cc1cncc(-c2cccc(-c3ccccc3-n3c4ccccc4c4cc5oc6ccccc6c5cc43)c2)c1. The molecule has 4 nitrogen and oxygen atoms in total. The van der Waals surface area contributed by atoms with E-state index in [1.54, 1.807) is 12.4 Å². The molecule has 0 atom stereocenters. The van der Waals surface area contributed by atoms with E-state index in [0.717, 1.165) is 66.3 Å². The number of hydrogen-bond donors (Lipinski definition) is 0. The predicted octanol–water partition coefficient (Wildman–Crippen LogP) is 9.28. The first-order valence-corrected chi connectivity index (χ1v) is 13.2. The van der Waals surface area contributed by atoms with Gasteiger partial charge in [-0.2, -0.15) is 5.26 Å². The molecule has 186 valence electrons. The molecule has 0 amide bonds. The van der Waals surface area contributed by atoms with Gasteiger partial charge in [-0.05, 0) is 53.6 Å². The van der Waals surface area contributed by atoms with Crippen molar-refractivity contribution in [3.05, 3.63) is 133 Å². The highest BCUT2D eigenvalue weighted by molar-refractivity contribution is 6.17. The number of pyridine rings is 1. The van der Waals surface area contributed by atoms with Crippen molar-refractivity contribution in [2.45, 2.75) is 0 Å². The molecule has 0 spiro atoms. The van der Waals surface area contributed by atoms with Gasteiger partial charge in [-0.25, -0.2) is 0 Å². The van der Waals surface area contributed by atoms with Gasteiger partial charge in [-0.3, -0.25) is 4.98 Å². The largest absolute Gasteiger partial charge is 0.456 e. The highest BCUT2D eigenvalue weighted by atomic mass is 16.3. The molecule has 0 saturated heterocycles. The molecule has 5 aromatic carbocycles. The smallest absolute Gasteiger partial charge is 0.136 e. The molecule has 0 aliphatic carbocycles. The Morgan fingerprint density at radius 2 is 1.38 bits per heavy atom. The Balaban J connectivity index is 1.40. The van der Waals surface area contributed by atoms with Crippen molar-refractivity contribution in [2.75, 3.05) is 0 Å². The fraction of sp³-hybridized carbons (Fsp3) is 0. The van der Waals surface area contributed by atoms with Crippen molar-refractivity contribution >= 4 is 43.7 Å². The first-order valence-electron chi connectivity index (χ1n) is 13.2. The van der Waals surface area contributed by atoms with Gasteiger partial charge in [0.2, 0.25) is 0 Å². The fourth-order valence-electron chi connectivity index (χ4n) is 5.88.